The lowest BCUT2D eigenvalue weighted by Crippen LogP contribution is -2.53. The number of aromatic nitrogens is 4. The van der Waals surface area contributed by atoms with Crippen molar-refractivity contribution in [2.24, 2.45) is 0 Å². The first-order valence-corrected chi connectivity index (χ1v) is 10.7. The molecule has 1 saturated heterocycles. The van der Waals surface area contributed by atoms with Gasteiger partial charge in [-0.05, 0) is 32.0 Å². The molecule has 1 fully saturated rings. The van der Waals surface area contributed by atoms with Gasteiger partial charge >= 0.3 is 5.69 Å². The van der Waals surface area contributed by atoms with Gasteiger partial charge < -0.3 is 20.2 Å². The molecule has 0 radical (unpaired) electrons. The van der Waals surface area contributed by atoms with E-state index in [1.54, 1.807) is 18.2 Å². The number of H-pyrrole nitrogens is 2. The van der Waals surface area contributed by atoms with E-state index in [1.807, 2.05) is 19.9 Å². The molecule has 2 aromatic heterocycles. The Kier molecular flexibility index (Phi) is 5.77. The summed E-state index contributed by atoms with van der Waals surface area (Å²) in [5.41, 5.74) is 2.77. The molecule has 0 unspecified atom stereocenters. The Morgan fingerprint density at radius 1 is 1.03 bits per heavy atom. The molecule has 0 aliphatic carbocycles. The molecule has 9 nitrogen and oxygen atoms in total. The summed E-state index contributed by atoms with van der Waals surface area (Å²) < 4.78 is 0. The molecule has 1 aliphatic rings. The van der Waals surface area contributed by atoms with Crippen molar-refractivity contribution in [3.8, 4) is 0 Å². The molecule has 3 aromatic rings. The SMILES string of the molecule is Cc1cc(N2CCN([C@H](C)C(=O)Nc3ccc4[nH]c(=O)[nH]c4c3)CC2)nc(C(C)C)n1. The van der Waals surface area contributed by atoms with Crippen LogP contribution in [0.25, 0.3) is 11.0 Å². The molecular weight excluding hydrogens is 394 g/mol. The number of carbonyl (C=O) groups is 1. The first-order valence-electron chi connectivity index (χ1n) is 10.7. The molecule has 1 atom stereocenters. The largest absolute Gasteiger partial charge is 0.354 e. The second kappa shape index (κ2) is 8.50. The Morgan fingerprint density at radius 3 is 2.45 bits per heavy atom. The maximum atomic E-state index is 12.8. The van der Waals surface area contributed by atoms with Crippen molar-refractivity contribution >= 4 is 28.4 Å². The normalized spacial score (nSPS) is 16.1. The predicted octanol–water partition coefficient (Wildman–Crippen LogP) is 2.23. The summed E-state index contributed by atoms with van der Waals surface area (Å²) in [7, 11) is 0. The van der Waals surface area contributed by atoms with Crippen LogP contribution >= 0.6 is 0 Å². The number of aryl methyl sites for hydroxylation is 1. The topological polar surface area (TPSA) is 110 Å². The van der Waals surface area contributed by atoms with Gasteiger partial charge in [-0.3, -0.25) is 9.69 Å². The summed E-state index contributed by atoms with van der Waals surface area (Å²) in [6.07, 6.45) is 0. The van der Waals surface area contributed by atoms with Crippen molar-refractivity contribution in [1.29, 1.82) is 0 Å². The van der Waals surface area contributed by atoms with Gasteiger partial charge in [-0.2, -0.15) is 0 Å². The zero-order valence-electron chi connectivity index (χ0n) is 18.4. The number of piperazine rings is 1. The summed E-state index contributed by atoms with van der Waals surface area (Å²) in [6, 6.07) is 7.10. The van der Waals surface area contributed by atoms with Gasteiger partial charge in [-0.1, -0.05) is 13.8 Å². The van der Waals surface area contributed by atoms with Crippen molar-refractivity contribution in [2.45, 2.75) is 39.7 Å². The molecule has 0 spiro atoms. The summed E-state index contributed by atoms with van der Waals surface area (Å²) in [4.78, 5) is 43.3. The van der Waals surface area contributed by atoms with E-state index in [0.717, 1.165) is 43.5 Å². The number of aromatic amines is 2. The maximum Gasteiger partial charge on any atom is 0.323 e. The highest BCUT2D eigenvalue weighted by Gasteiger charge is 2.26. The van der Waals surface area contributed by atoms with Crippen molar-refractivity contribution in [2.75, 3.05) is 36.4 Å². The van der Waals surface area contributed by atoms with E-state index in [1.165, 1.54) is 0 Å². The van der Waals surface area contributed by atoms with Gasteiger partial charge in [0.25, 0.3) is 0 Å². The van der Waals surface area contributed by atoms with Gasteiger partial charge in [0.05, 0.1) is 17.1 Å². The highest BCUT2D eigenvalue weighted by molar-refractivity contribution is 5.96. The van der Waals surface area contributed by atoms with Gasteiger partial charge in [-0.15, -0.1) is 0 Å². The number of benzene rings is 1. The average Bonchev–Trinajstić information content (AvgIpc) is 3.12. The first kappa shape index (κ1) is 21.0. The number of imidazole rings is 1. The van der Waals surface area contributed by atoms with Crippen LogP contribution in [0, 0.1) is 6.92 Å². The number of carbonyl (C=O) groups excluding carboxylic acids is 1. The zero-order valence-corrected chi connectivity index (χ0v) is 18.4. The number of rotatable bonds is 5. The molecule has 0 saturated carbocycles. The molecular formula is C22H29N7O2. The van der Waals surface area contributed by atoms with Crippen molar-refractivity contribution < 1.29 is 4.79 Å². The van der Waals surface area contributed by atoms with E-state index in [9.17, 15) is 9.59 Å². The number of hydrogen-bond donors (Lipinski definition) is 3. The number of anilines is 2. The Hall–Kier alpha value is -3.20. The van der Waals surface area contributed by atoms with Crippen molar-refractivity contribution in [3.63, 3.8) is 0 Å². The molecule has 164 valence electrons. The van der Waals surface area contributed by atoms with Crippen LogP contribution in [0.4, 0.5) is 11.5 Å². The fourth-order valence-electron chi connectivity index (χ4n) is 3.86. The Bertz CT molecular complexity index is 1140. The third-order valence-corrected chi connectivity index (χ3v) is 5.72. The van der Waals surface area contributed by atoms with Gasteiger partial charge in [0, 0.05) is 49.5 Å². The van der Waals surface area contributed by atoms with Crippen LogP contribution in [0.3, 0.4) is 0 Å². The molecule has 1 aliphatic heterocycles. The number of amides is 1. The average molecular weight is 424 g/mol. The minimum Gasteiger partial charge on any atom is -0.354 e. The highest BCUT2D eigenvalue weighted by atomic mass is 16.2. The Balaban J connectivity index is 1.37. The number of nitrogens with zero attached hydrogens (tertiary/aromatic N) is 4. The molecule has 3 N–H and O–H groups in total. The lowest BCUT2D eigenvalue weighted by Gasteiger charge is -2.38. The zero-order chi connectivity index (χ0) is 22.1. The van der Waals surface area contributed by atoms with Gasteiger partial charge in [0.15, 0.2) is 0 Å². The molecule has 3 heterocycles. The summed E-state index contributed by atoms with van der Waals surface area (Å²) in [5, 5.41) is 2.96. The molecule has 9 heteroatoms. The molecule has 31 heavy (non-hydrogen) atoms. The third kappa shape index (κ3) is 4.61. The van der Waals surface area contributed by atoms with E-state index in [-0.39, 0.29) is 23.6 Å². The Labute approximate surface area is 180 Å². The van der Waals surface area contributed by atoms with E-state index < -0.39 is 0 Å². The molecule has 0 bridgehead atoms. The predicted molar refractivity (Wildman–Crippen MR) is 122 cm³/mol. The second-order valence-electron chi connectivity index (χ2n) is 8.41. The van der Waals surface area contributed by atoms with Crippen molar-refractivity contribution in [3.05, 3.63) is 46.3 Å². The Morgan fingerprint density at radius 2 is 1.74 bits per heavy atom. The van der Waals surface area contributed by atoms with Gasteiger partial charge in [0.2, 0.25) is 5.91 Å². The fourth-order valence-corrected chi connectivity index (χ4v) is 3.86. The second-order valence-corrected chi connectivity index (χ2v) is 8.41. The minimum atomic E-state index is -0.263. The molecule has 1 amide bonds. The lowest BCUT2D eigenvalue weighted by atomic mass is 10.2. The van der Waals surface area contributed by atoms with Crippen LogP contribution in [0.1, 0.15) is 38.2 Å². The summed E-state index contributed by atoms with van der Waals surface area (Å²) >= 11 is 0. The number of fused-ring (bicyclic) bond motifs is 1. The van der Waals surface area contributed by atoms with Crippen LogP contribution in [-0.4, -0.2) is 63.0 Å². The standard InChI is InChI=1S/C22H29N7O2/c1-13(2)20-23-14(3)11-19(27-20)29-9-7-28(8-10-29)15(4)21(30)24-16-5-6-17-18(12-16)26-22(31)25-17/h5-6,11-13,15H,7-10H2,1-4H3,(H,24,30)(H2,25,26,31)/t15-/m1/s1. The highest BCUT2D eigenvalue weighted by Crippen LogP contribution is 2.20. The smallest absolute Gasteiger partial charge is 0.323 e. The van der Waals surface area contributed by atoms with E-state index in [0.29, 0.717) is 16.7 Å². The number of nitrogens with one attached hydrogen (secondary N) is 3. The van der Waals surface area contributed by atoms with Gasteiger partial charge in [-0.25, -0.2) is 14.8 Å². The summed E-state index contributed by atoms with van der Waals surface area (Å²) in [6.45, 7) is 11.3. The summed E-state index contributed by atoms with van der Waals surface area (Å²) in [5.74, 6) is 2.05. The van der Waals surface area contributed by atoms with Crippen LogP contribution in [0.5, 0.6) is 0 Å². The monoisotopic (exact) mass is 423 g/mol. The van der Waals surface area contributed by atoms with E-state index in [2.05, 4.69) is 43.9 Å². The van der Waals surface area contributed by atoms with Crippen LogP contribution in [0.15, 0.2) is 29.1 Å². The van der Waals surface area contributed by atoms with Crippen LogP contribution < -0.4 is 15.9 Å². The van der Waals surface area contributed by atoms with Crippen LogP contribution in [0.2, 0.25) is 0 Å². The quantitative estimate of drug-likeness (QED) is 0.581. The first-order chi connectivity index (χ1) is 14.8. The maximum absolute atomic E-state index is 12.8. The van der Waals surface area contributed by atoms with E-state index in [4.69, 9.17) is 4.98 Å². The van der Waals surface area contributed by atoms with Crippen molar-refractivity contribution in [1.82, 2.24) is 24.8 Å². The van der Waals surface area contributed by atoms with Crippen LogP contribution in [-0.2, 0) is 4.79 Å². The van der Waals surface area contributed by atoms with Gasteiger partial charge in [0.1, 0.15) is 11.6 Å². The van der Waals surface area contributed by atoms with E-state index >= 15 is 0 Å². The lowest BCUT2D eigenvalue weighted by molar-refractivity contribution is -0.120. The molecule has 4 rings (SSSR count). The third-order valence-electron chi connectivity index (χ3n) is 5.72. The number of hydrogen-bond acceptors (Lipinski definition) is 6. The minimum absolute atomic E-state index is 0.0642. The molecule has 1 aromatic carbocycles. The fraction of sp³-hybridized carbons (Fsp3) is 0.455.